The summed E-state index contributed by atoms with van der Waals surface area (Å²) in [7, 11) is 1.60. The van der Waals surface area contributed by atoms with Crippen LogP contribution < -0.4 is 10.9 Å². The van der Waals surface area contributed by atoms with Crippen molar-refractivity contribution in [3.8, 4) is 0 Å². The van der Waals surface area contributed by atoms with Crippen molar-refractivity contribution < 1.29 is 14.4 Å². The van der Waals surface area contributed by atoms with Crippen molar-refractivity contribution in [2.45, 2.75) is 45.3 Å². The highest BCUT2D eigenvalue weighted by Crippen LogP contribution is 2.31. The average Bonchev–Trinajstić information content (AvgIpc) is 3.71. The zero-order valence-corrected chi connectivity index (χ0v) is 24.5. The second-order valence-electron chi connectivity index (χ2n) is 11.7. The van der Waals surface area contributed by atoms with Crippen LogP contribution in [0.15, 0.2) is 53.6 Å². The normalized spacial score (nSPS) is 19.6. The number of likely N-dealkylation sites (tertiary alicyclic amines) is 1. The van der Waals surface area contributed by atoms with Gasteiger partial charge in [-0.1, -0.05) is 31.2 Å². The van der Waals surface area contributed by atoms with Crippen LogP contribution in [0.5, 0.6) is 0 Å². The quantitative estimate of drug-likeness (QED) is 0.382. The largest absolute Gasteiger partial charge is 0.354 e. The third kappa shape index (κ3) is 5.54. The first kappa shape index (κ1) is 28.3. The third-order valence-corrected chi connectivity index (χ3v) is 8.30. The number of nitrogens with zero attached hydrogens (tertiary/aromatic N) is 8. The lowest BCUT2D eigenvalue weighted by molar-refractivity contribution is -0.131. The molecule has 0 radical (unpaired) electrons. The number of carbonyl (C=O) groups excluding carboxylic acids is 3. The molecule has 2 atom stereocenters. The Morgan fingerprint density at radius 3 is 2.72 bits per heavy atom. The van der Waals surface area contributed by atoms with Crippen molar-refractivity contribution in [3.63, 3.8) is 0 Å². The number of para-hydroxylation sites is 2. The molecule has 6 rings (SSSR count). The molecule has 5 heterocycles. The van der Waals surface area contributed by atoms with Gasteiger partial charge in [0.05, 0.1) is 29.8 Å². The lowest BCUT2D eigenvalue weighted by Crippen LogP contribution is -2.39. The molecule has 1 N–H and O–H groups in total. The van der Waals surface area contributed by atoms with Gasteiger partial charge in [-0.3, -0.25) is 19.2 Å². The van der Waals surface area contributed by atoms with Gasteiger partial charge >= 0.3 is 0 Å². The van der Waals surface area contributed by atoms with E-state index in [2.05, 4.69) is 29.5 Å². The van der Waals surface area contributed by atoms with Gasteiger partial charge in [-0.25, -0.2) is 9.67 Å². The van der Waals surface area contributed by atoms with Crippen LogP contribution in [0.25, 0.3) is 11.0 Å². The van der Waals surface area contributed by atoms with Crippen molar-refractivity contribution in [2.24, 2.45) is 5.92 Å². The number of imidazole rings is 1. The predicted molar refractivity (Wildman–Crippen MR) is 157 cm³/mol. The predicted octanol–water partition coefficient (Wildman–Crippen LogP) is 1.25. The molecule has 3 aromatic heterocycles. The average molecular weight is 586 g/mol. The Kier molecular flexibility index (Phi) is 7.55. The molecular formula is C30H35N9O4. The smallest absolute Gasteiger partial charge is 0.263 e. The van der Waals surface area contributed by atoms with Crippen LogP contribution in [0.4, 0.5) is 0 Å². The maximum atomic E-state index is 13.8. The molecule has 1 aromatic carbocycles. The number of hydrogen-bond donors (Lipinski definition) is 1. The second-order valence-corrected chi connectivity index (χ2v) is 11.7. The minimum Gasteiger partial charge on any atom is -0.354 e. The maximum absolute atomic E-state index is 13.8. The molecule has 4 aromatic rings. The molecule has 2 aliphatic rings. The number of amides is 3. The fraction of sp³-hybridized carbons (Fsp3) is 0.433. The summed E-state index contributed by atoms with van der Waals surface area (Å²) in [6.45, 7) is 5.63. The van der Waals surface area contributed by atoms with Gasteiger partial charge < -0.3 is 24.3 Å². The topological polar surface area (TPSA) is 140 Å². The summed E-state index contributed by atoms with van der Waals surface area (Å²) in [5, 5.41) is 11.5. The van der Waals surface area contributed by atoms with Gasteiger partial charge in [0.2, 0.25) is 11.8 Å². The van der Waals surface area contributed by atoms with Crippen LogP contribution >= 0.6 is 0 Å². The Balaban J connectivity index is 1.29. The molecular weight excluding hydrogens is 550 g/mol. The molecule has 0 aliphatic carbocycles. The highest BCUT2D eigenvalue weighted by molar-refractivity contribution is 5.93. The highest BCUT2D eigenvalue weighted by atomic mass is 16.2. The number of benzene rings is 1. The highest BCUT2D eigenvalue weighted by Gasteiger charge is 2.38. The van der Waals surface area contributed by atoms with Gasteiger partial charge in [-0.2, -0.15) is 0 Å². The number of aromatic nitrogens is 6. The molecule has 3 amide bonds. The molecule has 0 saturated carbocycles. The number of rotatable bonds is 3. The molecule has 43 heavy (non-hydrogen) atoms. The lowest BCUT2D eigenvalue weighted by atomic mass is 9.99. The first-order valence-electron chi connectivity index (χ1n) is 14.5. The van der Waals surface area contributed by atoms with Crippen LogP contribution in [-0.2, 0) is 22.7 Å². The summed E-state index contributed by atoms with van der Waals surface area (Å²) in [6.07, 6.45) is 3.55. The molecule has 0 spiro atoms. The molecule has 13 heteroatoms. The Morgan fingerprint density at radius 2 is 1.91 bits per heavy atom. The zero-order chi connectivity index (χ0) is 30.2. The van der Waals surface area contributed by atoms with Crippen molar-refractivity contribution in [1.82, 2.24) is 44.2 Å². The summed E-state index contributed by atoms with van der Waals surface area (Å²) < 4.78 is 5.12. The number of carbonyl (C=O) groups is 3. The number of hydrogen-bond acceptors (Lipinski definition) is 7. The van der Waals surface area contributed by atoms with E-state index in [0.29, 0.717) is 18.8 Å². The van der Waals surface area contributed by atoms with Gasteiger partial charge in [0.1, 0.15) is 23.6 Å². The number of likely N-dealkylation sites (N-methyl/N-ethyl adjacent to an activating group) is 1. The van der Waals surface area contributed by atoms with Crippen molar-refractivity contribution >= 4 is 28.8 Å². The monoisotopic (exact) mass is 585 g/mol. The molecule has 4 bridgehead atoms. The van der Waals surface area contributed by atoms with Crippen molar-refractivity contribution in [2.75, 3.05) is 33.2 Å². The van der Waals surface area contributed by atoms with Gasteiger partial charge in [-0.15, -0.1) is 5.10 Å². The van der Waals surface area contributed by atoms with E-state index in [0.717, 1.165) is 16.9 Å². The zero-order valence-electron chi connectivity index (χ0n) is 24.5. The lowest BCUT2D eigenvalue weighted by Gasteiger charge is -2.20. The van der Waals surface area contributed by atoms with E-state index in [1.165, 1.54) is 15.5 Å². The summed E-state index contributed by atoms with van der Waals surface area (Å²) in [5.41, 5.74) is 1.92. The van der Waals surface area contributed by atoms with Gasteiger partial charge in [-0.05, 0) is 24.3 Å². The summed E-state index contributed by atoms with van der Waals surface area (Å²) in [5.74, 6) is 0.119. The summed E-state index contributed by atoms with van der Waals surface area (Å²) in [6, 6.07) is 10.7. The Bertz CT molecular complexity index is 1750. The van der Waals surface area contributed by atoms with Gasteiger partial charge in [0.15, 0.2) is 0 Å². The van der Waals surface area contributed by atoms with E-state index >= 15 is 0 Å². The SMILES string of the molecule is CC(C)c1nc2ccccc2n1CC(=O)N1C[C@@H]2CC(=O)NCCN(C)C(=O)c3cccn(c3=O)Cc3cn(nn3)[C@@H]2C1. The first-order valence-corrected chi connectivity index (χ1v) is 14.5. The van der Waals surface area contributed by atoms with Crippen molar-refractivity contribution in [1.29, 1.82) is 0 Å². The Hall–Kier alpha value is -4.81. The fourth-order valence-electron chi connectivity index (χ4n) is 6.02. The van der Waals surface area contributed by atoms with Crippen LogP contribution in [0.3, 0.4) is 0 Å². The Morgan fingerprint density at radius 1 is 1.09 bits per heavy atom. The standard InChI is InChI=1S/C30H35N9O4/c1-19(2)28-32-23-8-4-5-9-24(23)38(28)18-27(41)37-14-20-13-26(40)31-10-12-35(3)29(42)22-7-6-11-36(30(22)43)15-21-16-39(34-33-21)25(20)17-37/h4-9,11,16,19-20,25H,10,12-15,17-18H2,1-3H3,(H,31,40)/t20-,25+/m0/s1. The van der Waals surface area contributed by atoms with E-state index in [-0.39, 0.29) is 67.9 Å². The molecule has 0 unspecified atom stereocenters. The summed E-state index contributed by atoms with van der Waals surface area (Å²) >= 11 is 0. The minimum absolute atomic E-state index is 0.0483. The van der Waals surface area contributed by atoms with Crippen LogP contribution in [0.2, 0.25) is 0 Å². The third-order valence-electron chi connectivity index (χ3n) is 8.30. The minimum atomic E-state index is -0.423. The summed E-state index contributed by atoms with van der Waals surface area (Å²) in [4.78, 5) is 60.8. The maximum Gasteiger partial charge on any atom is 0.263 e. The Labute approximate surface area is 248 Å². The van der Waals surface area contributed by atoms with E-state index in [4.69, 9.17) is 4.98 Å². The van der Waals surface area contributed by atoms with Crippen LogP contribution in [-0.4, -0.2) is 89.9 Å². The van der Waals surface area contributed by atoms with E-state index in [9.17, 15) is 19.2 Å². The van der Waals surface area contributed by atoms with Crippen LogP contribution in [0, 0.1) is 5.92 Å². The molecule has 2 aliphatic heterocycles. The van der Waals surface area contributed by atoms with Crippen molar-refractivity contribution in [3.05, 3.63) is 76.2 Å². The second kappa shape index (κ2) is 11.5. The first-order chi connectivity index (χ1) is 20.7. The molecule has 13 nitrogen and oxygen atoms in total. The van der Waals surface area contributed by atoms with E-state index in [1.807, 2.05) is 28.8 Å². The molecule has 1 saturated heterocycles. The number of nitrogens with one attached hydrogen (secondary N) is 1. The van der Waals surface area contributed by atoms with E-state index < -0.39 is 11.5 Å². The fourth-order valence-corrected chi connectivity index (χ4v) is 6.02. The van der Waals surface area contributed by atoms with Gasteiger partial charge in [0.25, 0.3) is 11.5 Å². The van der Waals surface area contributed by atoms with E-state index in [1.54, 1.807) is 35.1 Å². The molecule has 1 fully saturated rings. The van der Waals surface area contributed by atoms with Gasteiger partial charge in [0, 0.05) is 57.7 Å². The van der Waals surface area contributed by atoms with Crippen LogP contribution in [0.1, 0.15) is 54.1 Å². The number of pyridine rings is 1. The molecule has 224 valence electrons. The number of fused-ring (bicyclic) bond motifs is 7.